The molecule has 6 nitrogen and oxygen atoms in total. The average Bonchev–Trinajstić information content (AvgIpc) is 2.73. The van der Waals surface area contributed by atoms with Crippen molar-refractivity contribution in [2.24, 2.45) is 0 Å². The summed E-state index contributed by atoms with van der Waals surface area (Å²) < 4.78 is 10.2. The van der Waals surface area contributed by atoms with Crippen molar-refractivity contribution in [2.45, 2.75) is 13.0 Å². The quantitative estimate of drug-likeness (QED) is 0.630. The lowest BCUT2D eigenvalue weighted by atomic mass is 9.94. The Morgan fingerprint density at radius 3 is 2.32 bits per heavy atom. The van der Waals surface area contributed by atoms with E-state index in [4.69, 9.17) is 27.0 Å². The lowest BCUT2D eigenvalue weighted by Crippen LogP contribution is -2.48. The Bertz CT molecular complexity index is 975. The fraction of sp³-hybridized carbons (Fsp3) is 0.190. The maximum absolute atomic E-state index is 12.6. The molecule has 1 aliphatic heterocycles. The van der Waals surface area contributed by atoms with Crippen molar-refractivity contribution in [2.75, 3.05) is 19.1 Å². The molecule has 28 heavy (non-hydrogen) atoms. The molecular formula is C21H19N3O3S. The highest BCUT2D eigenvalue weighted by Crippen LogP contribution is 2.34. The molecule has 2 aromatic carbocycles. The zero-order chi connectivity index (χ0) is 20.3. The number of nitriles is 1. The van der Waals surface area contributed by atoms with Crippen molar-refractivity contribution in [1.29, 1.82) is 5.26 Å². The van der Waals surface area contributed by atoms with Gasteiger partial charge in [0.05, 0.1) is 37.5 Å². The van der Waals surface area contributed by atoms with E-state index in [0.29, 0.717) is 21.9 Å². The Balaban J connectivity index is 2.08. The van der Waals surface area contributed by atoms with Gasteiger partial charge in [-0.3, -0.25) is 4.90 Å². The largest absolute Gasteiger partial charge is 0.497 e. The van der Waals surface area contributed by atoms with E-state index in [-0.39, 0.29) is 0 Å². The van der Waals surface area contributed by atoms with Gasteiger partial charge in [0.25, 0.3) is 0 Å². The summed E-state index contributed by atoms with van der Waals surface area (Å²) in [5, 5.41) is 12.7. The zero-order valence-corrected chi connectivity index (χ0v) is 16.5. The number of rotatable bonds is 4. The molecule has 142 valence electrons. The molecule has 3 rings (SSSR count). The first-order chi connectivity index (χ1) is 13.5. The van der Waals surface area contributed by atoms with Crippen LogP contribution in [0.3, 0.4) is 0 Å². The van der Waals surface area contributed by atoms with Crippen LogP contribution in [0.4, 0.5) is 5.69 Å². The number of hydrogen-bond donors (Lipinski definition) is 1. The molecule has 0 aromatic heterocycles. The van der Waals surface area contributed by atoms with Crippen LogP contribution in [0, 0.1) is 11.3 Å². The smallest absolute Gasteiger partial charge is 0.337 e. The van der Waals surface area contributed by atoms with Crippen LogP contribution in [0.2, 0.25) is 0 Å². The van der Waals surface area contributed by atoms with E-state index in [9.17, 15) is 4.79 Å². The number of allylic oxidation sites excluding steroid dienone is 1. The normalized spacial score (nSPS) is 16.3. The van der Waals surface area contributed by atoms with Crippen molar-refractivity contribution >= 4 is 29.0 Å². The van der Waals surface area contributed by atoms with E-state index in [1.807, 2.05) is 31.2 Å². The van der Waals surface area contributed by atoms with Crippen LogP contribution in [0.25, 0.3) is 0 Å². The number of nitrogens with zero attached hydrogens (tertiary/aromatic N) is 2. The lowest BCUT2D eigenvalue weighted by molar-refractivity contribution is -0.136. The molecule has 2 aromatic rings. The van der Waals surface area contributed by atoms with Gasteiger partial charge in [-0.25, -0.2) is 4.79 Å². The van der Waals surface area contributed by atoms with E-state index in [1.54, 1.807) is 36.3 Å². The van der Waals surface area contributed by atoms with Gasteiger partial charge < -0.3 is 14.8 Å². The average molecular weight is 393 g/mol. The molecule has 1 atom stereocenters. The summed E-state index contributed by atoms with van der Waals surface area (Å²) in [4.78, 5) is 14.4. The molecular weight excluding hydrogens is 374 g/mol. The first-order valence-corrected chi connectivity index (χ1v) is 8.94. The zero-order valence-electron chi connectivity index (χ0n) is 15.7. The van der Waals surface area contributed by atoms with Gasteiger partial charge in [0.2, 0.25) is 0 Å². The van der Waals surface area contributed by atoms with Crippen LogP contribution < -0.4 is 15.0 Å². The predicted octanol–water partition coefficient (Wildman–Crippen LogP) is 3.45. The van der Waals surface area contributed by atoms with E-state index in [1.165, 1.54) is 7.11 Å². The topological polar surface area (TPSA) is 74.6 Å². The number of benzene rings is 2. The van der Waals surface area contributed by atoms with Crippen molar-refractivity contribution in [3.05, 3.63) is 70.9 Å². The van der Waals surface area contributed by atoms with E-state index in [0.717, 1.165) is 17.0 Å². The fourth-order valence-electron chi connectivity index (χ4n) is 3.16. The number of carbonyl (C=O) groups excluding carboxylic acids is 1. The summed E-state index contributed by atoms with van der Waals surface area (Å²) in [6.45, 7) is 1.83. The van der Waals surface area contributed by atoms with Crippen LogP contribution in [0.15, 0.2) is 59.8 Å². The molecule has 0 amide bonds. The van der Waals surface area contributed by atoms with Gasteiger partial charge in [-0.1, -0.05) is 12.1 Å². The van der Waals surface area contributed by atoms with E-state index in [2.05, 4.69) is 11.4 Å². The van der Waals surface area contributed by atoms with Gasteiger partial charge >= 0.3 is 5.97 Å². The summed E-state index contributed by atoms with van der Waals surface area (Å²) in [6, 6.07) is 16.0. The molecule has 0 fully saturated rings. The molecule has 0 unspecified atom stereocenters. The Labute approximate surface area is 169 Å². The Kier molecular flexibility index (Phi) is 5.62. The summed E-state index contributed by atoms with van der Waals surface area (Å²) in [5.41, 5.74) is 3.29. The standard InChI is InChI=1S/C21H19N3O3S/c1-13-18(20(25)27-3)19(15-6-4-14(12-22)5-7-15)23-21(28)24(13)16-8-10-17(26-2)11-9-16/h4-11,19H,1-3H3,(H,23,28)/t19-/m1/s1. The van der Waals surface area contributed by atoms with Crippen molar-refractivity contribution in [3.63, 3.8) is 0 Å². The predicted molar refractivity (Wildman–Crippen MR) is 110 cm³/mol. The molecule has 0 radical (unpaired) electrons. The maximum atomic E-state index is 12.6. The third kappa shape index (κ3) is 3.55. The van der Waals surface area contributed by atoms with Gasteiger partial charge in [0.1, 0.15) is 5.75 Å². The minimum atomic E-state index is -0.470. The van der Waals surface area contributed by atoms with Gasteiger partial charge in [-0.15, -0.1) is 0 Å². The molecule has 0 spiro atoms. The Morgan fingerprint density at radius 2 is 1.79 bits per heavy atom. The monoisotopic (exact) mass is 393 g/mol. The number of nitrogens with one attached hydrogen (secondary N) is 1. The van der Waals surface area contributed by atoms with Gasteiger partial charge in [0.15, 0.2) is 5.11 Å². The SMILES string of the molecule is COC(=O)C1=C(C)N(c2ccc(OC)cc2)C(=S)N[C@@H]1c1ccc(C#N)cc1. The van der Waals surface area contributed by atoms with Crippen LogP contribution in [0.5, 0.6) is 5.75 Å². The molecule has 0 aliphatic carbocycles. The van der Waals surface area contributed by atoms with Crippen molar-refractivity contribution in [3.8, 4) is 11.8 Å². The highest BCUT2D eigenvalue weighted by Gasteiger charge is 2.35. The molecule has 7 heteroatoms. The molecule has 0 saturated heterocycles. The second-order valence-electron chi connectivity index (χ2n) is 6.14. The number of thiocarbonyl (C=S) groups is 1. The number of anilines is 1. The van der Waals surface area contributed by atoms with E-state index >= 15 is 0 Å². The Hall–Kier alpha value is -3.37. The second kappa shape index (κ2) is 8.11. The second-order valence-corrected chi connectivity index (χ2v) is 6.53. The number of carbonyl (C=O) groups is 1. The van der Waals surface area contributed by atoms with Crippen molar-refractivity contribution in [1.82, 2.24) is 5.32 Å². The van der Waals surface area contributed by atoms with Crippen LogP contribution in [-0.4, -0.2) is 25.3 Å². The molecule has 0 bridgehead atoms. The number of hydrogen-bond acceptors (Lipinski definition) is 5. The minimum Gasteiger partial charge on any atom is -0.497 e. The molecule has 1 aliphatic rings. The summed E-state index contributed by atoms with van der Waals surface area (Å²) in [6.07, 6.45) is 0. The third-order valence-electron chi connectivity index (χ3n) is 4.59. The summed E-state index contributed by atoms with van der Waals surface area (Å²) in [5.74, 6) is 0.283. The first kappa shape index (κ1) is 19.4. The number of esters is 1. The number of ether oxygens (including phenoxy) is 2. The highest BCUT2D eigenvalue weighted by atomic mass is 32.1. The first-order valence-electron chi connectivity index (χ1n) is 8.54. The Morgan fingerprint density at radius 1 is 1.14 bits per heavy atom. The van der Waals surface area contributed by atoms with Crippen LogP contribution >= 0.6 is 12.2 Å². The van der Waals surface area contributed by atoms with Crippen LogP contribution in [0.1, 0.15) is 24.1 Å². The molecule has 1 heterocycles. The molecule has 0 saturated carbocycles. The molecule has 1 N–H and O–H groups in total. The van der Waals surface area contributed by atoms with Crippen LogP contribution in [-0.2, 0) is 9.53 Å². The van der Waals surface area contributed by atoms with Gasteiger partial charge in [-0.05, 0) is 61.1 Å². The third-order valence-corrected chi connectivity index (χ3v) is 4.89. The minimum absolute atomic E-state index is 0.444. The number of methoxy groups -OCH3 is 2. The lowest BCUT2D eigenvalue weighted by Gasteiger charge is -2.37. The summed E-state index contributed by atoms with van der Waals surface area (Å²) in [7, 11) is 2.95. The van der Waals surface area contributed by atoms with Gasteiger partial charge in [-0.2, -0.15) is 5.26 Å². The van der Waals surface area contributed by atoms with Crippen molar-refractivity contribution < 1.29 is 14.3 Å². The van der Waals surface area contributed by atoms with Gasteiger partial charge in [0, 0.05) is 11.4 Å². The van der Waals surface area contributed by atoms with E-state index < -0.39 is 12.0 Å². The summed E-state index contributed by atoms with van der Waals surface area (Å²) >= 11 is 5.59. The maximum Gasteiger partial charge on any atom is 0.337 e. The fourth-order valence-corrected chi connectivity index (χ4v) is 3.52. The highest BCUT2D eigenvalue weighted by molar-refractivity contribution is 7.80.